The molecule has 132 valence electrons. The minimum Gasteiger partial charge on any atom is -0.493 e. The number of ether oxygens (including phenoxy) is 3. The first-order chi connectivity index (χ1) is 11.5. The van der Waals surface area contributed by atoms with E-state index in [2.05, 4.69) is 13.8 Å². The van der Waals surface area contributed by atoms with E-state index in [4.69, 9.17) is 14.2 Å². The van der Waals surface area contributed by atoms with Crippen molar-refractivity contribution in [2.24, 2.45) is 5.92 Å². The molecule has 1 aromatic rings. The maximum atomic E-state index is 12.1. The topological polar surface area (TPSA) is 61.8 Å². The molecule has 0 N–H and O–H groups in total. The van der Waals surface area contributed by atoms with Crippen LogP contribution >= 0.6 is 0 Å². The minimum absolute atomic E-state index is 0.134. The summed E-state index contributed by atoms with van der Waals surface area (Å²) in [5, 5.41) is 0. The Morgan fingerprint density at radius 3 is 2.38 bits per heavy atom. The molecule has 0 bridgehead atoms. The Kier molecular flexibility index (Phi) is 8.61. The highest BCUT2D eigenvalue weighted by atomic mass is 16.5. The molecule has 1 aromatic carbocycles. The van der Waals surface area contributed by atoms with Crippen molar-refractivity contribution in [3.05, 3.63) is 35.4 Å². The van der Waals surface area contributed by atoms with Gasteiger partial charge in [0.25, 0.3) is 0 Å². The van der Waals surface area contributed by atoms with Crippen LogP contribution in [0.25, 0.3) is 6.08 Å². The van der Waals surface area contributed by atoms with Gasteiger partial charge < -0.3 is 14.2 Å². The highest BCUT2D eigenvalue weighted by Gasteiger charge is 2.17. The maximum absolute atomic E-state index is 12.1. The molecule has 0 saturated heterocycles. The summed E-state index contributed by atoms with van der Waals surface area (Å²) in [6.07, 6.45) is 1.50. The van der Waals surface area contributed by atoms with Gasteiger partial charge >= 0.3 is 11.9 Å². The summed E-state index contributed by atoms with van der Waals surface area (Å²) in [5.41, 5.74) is 0.974. The zero-order chi connectivity index (χ0) is 17.9. The van der Waals surface area contributed by atoms with Gasteiger partial charge in [0.05, 0.1) is 26.2 Å². The second kappa shape index (κ2) is 10.5. The number of benzene rings is 1. The first-order valence-corrected chi connectivity index (χ1v) is 8.23. The van der Waals surface area contributed by atoms with E-state index < -0.39 is 11.9 Å². The van der Waals surface area contributed by atoms with Gasteiger partial charge in [0.2, 0.25) is 0 Å². The Morgan fingerprint density at radius 1 is 1.08 bits per heavy atom. The zero-order valence-electron chi connectivity index (χ0n) is 14.8. The highest BCUT2D eigenvalue weighted by Crippen LogP contribution is 2.23. The molecule has 0 radical (unpaired) electrons. The molecule has 5 heteroatoms. The van der Waals surface area contributed by atoms with Crippen molar-refractivity contribution in [1.82, 2.24) is 0 Å². The van der Waals surface area contributed by atoms with Gasteiger partial charge in [0, 0.05) is 11.1 Å². The Bertz CT molecular complexity index is 575. The lowest BCUT2D eigenvalue weighted by atomic mass is 10.1. The van der Waals surface area contributed by atoms with Crippen LogP contribution in [0.4, 0.5) is 0 Å². The molecule has 0 unspecified atom stereocenters. The summed E-state index contributed by atoms with van der Waals surface area (Å²) in [4.78, 5) is 23.9. The lowest BCUT2D eigenvalue weighted by molar-refractivity contribution is -0.145. The van der Waals surface area contributed by atoms with Crippen molar-refractivity contribution < 1.29 is 23.8 Å². The molecular formula is C19H26O5. The van der Waals surface area contributed by atoms with E-state index in [-0.39, 0.29) is 25.2 Å². The smallest absolute Gasteiger partial charge is 0.334 e. The van der Waals surface area contributed by atoms with Gasteiger partial charge in [-0.05, 0) is 31.9 Å². The molecule has 0 aliphatic rings. The Morgan fingerprint density at radius 2 is 1.75 bits per heavy atom. The molecule has 24 heavy (non-hydrogen) atoms. The summed E-state index contributed by atoms with van der Waals surface area (Å²) < 4.78 is 15.7. The molecule has 0 aliphatic heterocycles. The van der Waals surface area contributed by atoms with Crippen molar-refractivity contribution in [1.29, 1.82) is 0 Å². The van der Waals surface area contributed by atoms with Crippen LogP contribution < -0.4 is 4.74 Å². The first kappa shape index (κ1) is 19.7. The predicted octanol–water partition coefficient (Wildman–Crippen LogP) is 3.62. The summed E-state index contributed by atoms with van der Waals surface area (Å²) in [6, 6.07) is 7.38. The van der Waals surface area contributed by atoms with Crippen LogP contribution in [0.2, 0.25) is 0 Å². The summed E-state index contributed by atoms with van der Waals surface area (Å²) in [7, 11) is 0. The molecular weight excluding hydrogens is 308 g/mol. The lowest BCUT2D eigenvalue weighted by Gasteiger charge is -2.12. The molecule has 0 aliphatic carbocycles. The molecule has 0 heterocycles. The average molecular weight is 334 g/mol. The normalized spacial score (nSPS) is 11.3. The van der Waals surface area contributed by atoms with Crippen LogP contribution in [0.5, 0.6) is 5.75 Å². The van der Waals surface area contributed by atoms with Gasteiger partial charge in [-0.25, -0.2) is 4.79 Å². The number of para-hydroxylation sites is 1. The van der Waals surface area contributed by atoms with Gasteiger partial charge in [-0.15, -0.1) is 0 Å². The number of esters is 2. The average Bonchev–Trinajstić information content (AvgIpc) is 2.53. The van der Waals surface area contributed by atoms with Crippen molar-refractivity contribution in [2.75, 3.05) is 19.8 Å². The number of hydrogen-bond donors (Lipinski definition) is 0. The Balaban J connectivity index is 3.07. The molecule has 0 aromatic heterocycles. The fourth-order valence-corrected chi connectivity index (χ4v) is 1.95. The highest BCUT2D eigenvalue weighted by molar-refractivity contribution is 5.98. The van der Waals surface area contributed by atoms with Crippen LogP contribution in [0.1, 0.15) is 39.7 Å². The monoisotopic (exact) mass is 334 g/mol. The quantitative estimate of drug-likeness (QED) is 0.510. The molecule has 5 nitrogen and oxygen atoms in total. The van der Waals surface area contributed by atoms with E-state index in [1.807, 2.05) is 24.3 Å². The fraction of sp³-hybridized carbons (Fsp3) is 0.474. The number of hydrogen-bond acceptors (Lipinski definition) is 5. The second-order valence-electron chi connectivity index (χ2n) is 5.61. The van der Waals surface area contributed by atoms with E-state index in [9.17, 15) is 9.59 Å². The van der Waals surface area contributed by atoms with Gasteiger partial charge in [0.1, 0.15) is 5.75 Å². The third-order valence-corrected chi connectivity index (χ3v) is 3.00. The number of carbonyl (C=O) groups excluding carboxylic acids is 2. The van der Waals surface area contributed by atoms with Gasteiger partial charge in [0.15, 0.2) is 0 Å². The standard InChI is InChI=1S/C19H26O5/c1-5-22-18(20)12-16(19(21)23-6-2)11-15-9-7-8-10-17(15)24-13-14(3)4/h7-11,14H,5-6,12-13H2,1-4H3. The third kappa shape index (κ3) is 6.86. The van der Waals surface area contributed by atoms with Gasteiger partial charge in [-0.2, -0.15) is 0 Å². The van der Waals surface area contributed by atoms with Crippen LogP contribution in [0, 0.1) is 5.92 Å². The van der Waals surface area contributed by atoms with E-state index >= 15 is 0 Å². The second-order valence-corrected chi connectivity index (χ2v) is 5.61. The van der Waals surface area contributed by atoms with Crippen molar-refractivity contribution in [2.45, 2.75) is 34.1 Å². The molecule has 0 saturated carbocycles. The van der Waals surface area contributed by atoms with E-state index in [1.165, 1.54) is 0 Å². The molecule has 0 atom stereocenters. The van der Waals surface area contributed by atoms with Gasteiger partial charge in [-0.1, -0.05) is 32.0 Å². The van der Waals surface area contributed by atoms with E-state index in [0.29, 0.717) is 18.3 Å². The van der Waals surface area contributed by atoms with Crippen LogP contribution in [-0.4, -0.2) is 31.8 Å². The molecule has 0 spiro atoms. The predicted molar refractivity (Wildman–Crippen MR) is 92.6 cm³/mol. The van der Waals surface area contributed by atoms with Crippen molar-refractivity contribution in [3.8, 4) is 5.75 Å². The SMILES string of the molecule is CCOC(=O)CC(=Cc1ccccc1OCC(C)C)C(=O)OCC. The Labute approximate surface area is 143 Å². The Hall–Kier alpha value is -2.30. The van der Waals surface area contributed by atoms with Gasteiger partial charge in [-0.3, -0.25) is 4.79 Å². The number of carbonyl (C=O) groups is 2. The minimum atomic E-state index is -0.524. The van der Waals surface area contributed by atoms with E-state index in [0.717, 1.165) is 5.56 Å². The maximum Gasteiger partial charge on any atom is 0.334 e. The van der Waals surface area contributed by atoms with Crippen molar-refractivity contribution >= 4 is 18.0 Å². The van der Waals surface area contributed by atoms with Crippen molar-refractivity contribution in [3.63, 3.8) is 0 Å². The number of rotatable bonds is 9. The molecule has 0 fully saturated rings. The summed E-state index contributed by atoms with van der Waals surface area (Å²) in [6.45, 7) is 8.64. The van der Waals surface area contributed by atoms with E-state index in [1.54, 1.807) is 19.9 Å². The molecule has 0 amide bonds. The lowest BCUT2D eigenvalue weighted by Crippen LogP contribution is -2.13. The fourth-order valence-electron chi connectivity index (χ4n) is 1.95. The van der Waals surface area contributed by atoms with Crippen LogP contribution in [0.3, 0.4) is 0 Å². The zero-order valence-corrected chi connectivity index (χ0v) is 14.8. The first-order valence-electron chi connectivity index (χ1n) is 8.23. The van der Waals surface area contributed by atoms with Crippen LogP contribution in [0.15, 0.2) is 29.8 Å². The molecule has 1 rings (SSSR count). The summed E-state index contributed by atoms with van der Waals surface area (Å²) >= 11 is 0. The largest absolute Gasteiger partial charge is 0.493 e. The van der Waals surface area contributed by atoms with Crippen LogP contribution in [-0.2, 0) is 19.1 Å². The summed E-state index contributed by atoms with van der Waals surface area (Å²) in [5.74, 6) is 0.0598. The third-order valence-electron chi connectivity index (χ3n) is 3.00.